The van der Waals surface area contributed by atoms with E-state index in [9.17, 15) is 9.59 Å². The maximum absolute atomic E-state index is 12.7. The average molecular weight is 428 g/mol. The second kappa shape index (κ2) is 8.23. The van der Waals surface area contributed by atoms with Crippen LogP contribution in [0.2, 0.25) is 5.02 Å². The zero-order chi connectivity index (χ0) is 20.4. The van der Waals surface area contributed by atoms with Gasteiger partial charge < -0.3 is 15.4 Å². The number of ether oxygens (including phenoxy) is 1. The number of aromatic nitrogens is 1. The summed E-state index contributed by atoms with van der Waals surface area (Å²) in [7, 11) is 0. The van der Waals surface area contributed by atoms with Gasteiger partial charge in [-0.25, -0.2) is 4.98 Å². The van der Waals surface area contributed by atoms with E-state index in [1.807, 2.05) is 41.8 Å². The van der Waals surface area contributed by atoms with Crippen molar-refractivity contribution in [2.45, 2.75) is 13.3 Å². The Balaban J connectivity index is 1.41. The number of carbonyl (C=O) groups excluding carboxylic acids is 2. The highest BCUT2D eigenvalue weighted by Crippen LogP contribution is 2.31. The van der Waals surface area contributed by atoms with Crippen LogP contribution in [0.25, 0.3) is 11.3 Å². The molecule has 2 heterocycles. The second-order valence-electron chi connectivity index (χ2n) is 6.75. The summed E-state index contributed by atoms with van der Waals surface area (Å²) in [4.78, 5) is 28.3. The molecule has 0 aliphatic carbocycles. The number of carbonyl (C=O) groups is 2. The van der Waals surface area contributed by atoms with Gasteiger partial charge in [0.1, 0.15) is 12.4 Å². The molecule has 1 atom stereocenters. The normalized spacial score (nSPS) is 15.2. The van der Waals surface area contributed by atoms with Gasteiger partial charge in [-0.1, -0.05) is 23.7 Å². The summed E-state index contributed by atoms with van der Waals surface area (Å²) in [6.07, 6.45) is 0.574. The lowest BCUT2D eigenvalue weighted by Gasteiger charge is -2.24. The van der Waals surface area contributed by atoms with Crippen LogP contribution in [-0.2, 0) is 16.0 Å². The van der Waals surface area contributed by atoms with E-state index in [2.05, 4.69) is 15.6 Å². The van der Waals surface area contributed by atoms with Crippen molar-refractivity contribution in [1.82, 2.24) is 4.98 Å². The van der Waals surface area contributed by atoms with Gasteiger partial charge in [0.2, 0.25) is 11.8 Å². The second-order valence-corrected chi connectivity index (χ2v) is 8.04. The topological polar surface area (TPSA) is 80.3 Å². The number of hydrogen-bond donors (Lipinski definition) is 2. The number of amides is 2. The minimum Gasteiger partial charge on any atom is -0.492 e. The quantitative estimate of drug-likeness (QED) is 0.637. The van der Waals surface area contributed by atoms with E-state index in [0.29, 0.717) is 23.2 Å². The summed E-state index contributed by atoms with van der Waals surface area (Å²) in [5.41, 5.74) is 3.32. The first-order chi connectivity index (χ1) is 14.0. The van der Waals surface area contributed by atoms with Gasteiger partial charge in [0.05, 0.1) is 11.6 Å². The van der Waals surface area contributed by atoms with E-state index in [1.54, 1.807) is 6.07 Å². The number of thiazole rings is 1. The van der Waals surface area contributed by atoms with Crippen LogP contribution in [0, 0.1) is 5.92 Å². The van der Waals surface area contributed by atoms with Crippen LogP contribution in [0.15, 0.2) is 47.8 Å². The van der Waals surface area contributed by atoms with Gasteiger partial charge in [-0.2, -0.15) is 0 Å². The predicted molar refractivity (Wildman–Crippen MR) is 115 cm³/mol. The number of fused-ring (bicyclic) bond motifs is 1. The van der Waals surface area contributed by atoms with Crippen molar-refractivity contribution in [3.05, 3.63) is 58.4 Å². The zero-order valence-electron chi connectivity index (χ0n) is 15.6. The van der Waals surface area contributed by atoms with E-state index in [4.69, 9.17) is 16.3 Å². The summed E-state index contributed by atoms with van der Waals surface area (Å²) in [6.45, 7) is 1.79. The van der Waals surface area contributed by atoms with Crippen molar-refractivity contribution in [2.75, 3.05) is 17.2 Å². The number of rotatable bonds is 4. The lowest BCUT2D eigenvalue weighted by molar-refractivity contribution is -0.121. The van der Waals surface area contributed by atoms with Crippen molar-refractivity contribution in [3.63, 3.8) is 0 Å². The van der Waals surface area contributed by atoms with Gasteiger partial charge in [-0.15, -0.1) is 11.3 Å². The first kappa shape index (κ1) is 19.4. The molecule has 2 N–H and O–H groups in total. The monoisotopic (exact) mass is 427 g/mol. The Morgan fingerprint density at radius 2 is 1.97 bits per heavy atom. The highest BCUT2D eigenvalue weighted by Gasteiger charge is 2.26. The van der Waals surface area contributed by atoms with E-state index >= 15 is 0 Å². The average Bonchev–Trinajstić information content (AvgIpc) is 3.16. The van der Waals surface area contributed by atoms with Gasteiger partial charge in [-0.05, 0) is 42.3 Å². The standard InChI is InChI=1S/C21H18ClN3O3S/c1-12(26)23-17-5-2-13(3-6-17)18-11-29-21(24-18)25-20(27)15-8-14-9-16(22)4-7-19(14)28-10-15/h2-7,9,11,15H,8,10H2,1H3,(H,23,26)(H,24,25,27). The minimum absolute atomic E-state index is 0.118. The van der Waals surface area contributed by atoms with Crippen LogP contribution in [0.4, 0.5) is 10.8 Å². The van der Waals surface area contributed by atoms with Crippen molar-refractivity contribution in [3.8, 4) is 17.0 Å². The summed E-state index contributed by atoms with van der Waals surface area (Å²) in [5.74, 6) is 0.230. The third-order valence-corrected chi connectivity index (χ3v) is 5.53. The van der Waals surface area contributed by atoms with Crippen LogP contribution >= 0.6 is 22.9 Å². The number of benzene rings is 2. The van der Waals surface area contributed by atoms with Crippen LogP contribution in [0.1, 0.15) is 12.5 Å². The number of nitrogens with zero attached hydrogens (tertiary/aromatic N) is 1. The minimum atomic E-state index is -0.301. The van der Waals surface area contributed by atoms with Crippen molar-refractivity contribution < 1.29 is 14.3 Å². The van der Waals surface area contributed by atoms with E-state index in [1.165, 1.54) is 18.3 Å². The van der Waals surface area contributed by atoms with Crippen molar-refractivity contribution in [2.24, 2.45) is 5.92 Å². The molecule has 2 amide bonds. The van der Waals surface area contributed by atoms with E-state index in [0.717, 1.165) is 28.3 Å². The number of hydrogen-bond acceptors (Lipinski definition) is 5. The van der Waals surface area contributed by atoms with Gasteiger partial charge in [0.15, 0.2) is 5.13 Å². The molecule has 0 saturated carbocycles. The van der Waals surface area contributed by atoms with E-state index in [-0.39, 0.29) is 17.7 Å². The molecule has 0 saturated heterocycles. The lowest BCUT2D eigenvalue weighted by atomic mass is 9.96. The molecule has 1 aliphatic heterocycles. The van der Waals surface area contributed by atoms with Gasteiger partial charge in [0, 0.05) is 28.6 Å². The fourth-order valence-corrected chi connectivity index (χ4v) is 4.05. The highest BCUT2D eigenvalue weighted by atomic mass is 35.5. The zero-order valence-corrected chi connectivity index (χ0v) is 17.1. The fourth-order valence-electron chi connectivity index (χ4n) is 3.13. The highest BCUT2D eigenvalue weighted by molar-refractivity contribution is 7.14. The Morgan fingerprint density at radius 3 is 2.72 bits per heavy atom. The molecule has 1 aliphatic rings. The van der Waals surface area contributed by atoms with Crippen LogP contribution < -0.4 is 15.4 Å². The molecule has 29 heavy (non-hydrogen) atoms. The van der Waals surface area contributed by atoms with Crippen LogP contribution in [0.3, 0.4) is 0 Å². The number of halogens is 1. The van der Waals surface area contributed by atoms with Crippen molar-refractivity contribution >= 4 is 45.6 Å². The number of nitrogens with one attached hydrogen (secondary N) is 2. The van der Waals surface area contributed by atoms with Gasteiger partial charge in [-0.3, -0.25) is 9.59 Å². The third-order valence-electron chi connectivity index (χ3n) is 4.54. The SMILES string of the molecule is CC(=O)Nc1ccc(-c2csc(NC(=O)C3COc4ccc(Cl)cc4C3)n2)cc1. The summed E-state index contributed by atoms with van der Waals surface area (Å²) < 4.78 is 5.70. The first-order valence-electron chi connectivity index (χ1n) is 9.03. The Labute approximate surface area is 176 Å². The molecule has 0 fully saturated rings. The molecule has 148 valence electrons. The molecule has 1 aromatic heterocycles. The summed E-state index contributed by atoms with van der Waals surface area (Å²) in [5, 5.41) is 8.66. The molecular formula is C21H18ClN3O3S. The number of anilines is 2. The molecule has 0 bridgehead atoms. The molecule has 6 nitrogen and oxygen atoms in total. The molecule has 0 spiro atoms. The maximum atomic E-state index is 12.7. The third kappa shape index (κ3) is 4.58. The predicted octanol–water partition coefficient (Wildman–Crippen LogP) is 4.61. The Morgan fingerprint density at radius 1 is 1.17 bits per heavy atom. The smallest absolute Gasteiger partial charge is 0.233 e. The molecular weight excluding hydrogens is 410 g/mol. The largest absolute Gasteiger partial charge is 0.492 e. The summed E-state index contributed by atoms with van der Waals surface area (Å²) in [6, 6.07) is 12.8. The Kier molecular flexibility index (Phi) is 5.51. The maximum Gasteiger partial charge on any atom is 0.233 e. The van der Waals surface area contributed by atoms with Gasteiger partial charge in [0.25, 0.3) is 0 Å². The molecule has 2 aromatic carbocycles. The molecule has 0 radical (unpaired) electrons. The Hall–Kier alpha value is -2.90. The first-order valence-corrected chi connectivity index (χ1v) is 10.3. The molecule has 8 heteroatoms. The molecule has 1 unspecified atom stereocenters. The van der Waals surface area contributed by atoms with Gasteiger partial charge >= 0.3 is 0 Å². The molecule has 4 rings (SSSR count). The van der Waals surface area contributed by atoms with E-state index < -0.39 is 0 Å². The van der Waals surface area contributed by atoms with Crippen molar-refractivity contribution in [1.29, 1.82) is 0 Å². The summed E-state index contributed by atoms with van der Waals surface area (Å²) >= 11 is 7.41. The molecule has 3 aromatic rings. The fraction of sp³-hybridized carbons (Fsp3) is 0.190. The van der Waals surface area contributed by atoms with Crippen LogP contribution in [0.5, 0.6) is 5.75 Å². The lowest BCUT2D eigenvalue weighted by Crippen LogP contribution is -2.32. The Bertz CT molecular complexity index is 1070. The van der Waals surface area contributed by atoms with Crippen LogP contribution in [-0.4, -0.2) is 23.4 Å².